The van der Waals surface area contributed by atoms with Gasteiger partial charge in [0, 0.05) is 98.1 Å². The Kier molecular flexibility index (Phi) is 37.8. The molecular weight excluding hydrogens is 371 g/mol. The average Bonchev–Trinajstić information content (AvgIpc) is 1.68. The number of urea groups is 1. The van der Waals surface area contributed by atoms with Gasteiger partial charge in [0.1, 0.15) is 0 Å². The molecule has 2 amide bonds. The molecule has 0 aromatic rings. The van der Waals surface area contributed by atoms with Crippen molar-refractivity contribution in [2.75, 3.05) is 0 Å². The predicted molar refractivity (Wildman–Crippen MR) is 32.5 cm³/mol. The number of rotatable bonds is 2. The smallest absolute Gasteiger partial charge is 0 e. The Morgan fingerprint density at radius 2 is 1.27 bits per heavy atom. The van der Waals surface area contributed by atoms with Crippen LogP contribution in [0.25, 0.3) is 10.6 Å². The van der Waals surface area contributed by atoms with Crippen molar-refractivity contribution in [2.45, 2.75) is 0 Å². The second-order valence-corrected chi connectivity index (χ2v) is 0.906. The van der Waals surface area contributed by atoms with Gasteiger partial charge in [0.15, 0.2) is 0 Å². The van der Waals surface area contributed by atoms with Gasteiger partial charge < -0.3 is 15.4 Å². The van der Waals surface area contributed by atoms with E-state index in [2.05, 4.69) is 23.8 Å². The standard InChI is InChI=1S/C5H7N2O.3Y/c1-3-6-5(8)7-4-2;;;/h3-4H,1-2H2,(H-,6,7,8);;;/q-1;;;/p-1. The largest absolute Gasteiger partial charge is 0.650 e. The first-order valence-corrected chi connectivity index (χ1v) is 1.98. The average molecular weight is 377 g/mol. The molecule has 0 atom stereocenters. The topological polar surface area (TPSA) is 45.3 Å². The molecular formula is C5H6N2OY3-2. The van der Waals surface area contributed by atoms with E-state index in [1.807, 2.05) is 0 Å². The molecule has 0 bridgehead atoms. The Labute approximate surface area is 142 Å². The Bertz CT molecular complexity index is 106. The van der Waals surface area contributed by atoms with E-state index in [1.54, 1.807) is 0 Å². The van der Waals surface area contributed by atoms with E-state index < -0.39 is 6.03 Å². The fourth-order valence-electron chi connectivity index (χ4n) is 0.190. The number of hydrogen-bond acceptors (Lipinski definition) is 1. The quantitative estimate of drug-likeness (QED) is 0.728. The molecule has 0 aromatic carbocycles. The summed E-state index contributed by atoms with van der Waals surface area (Å²) in [6, 6.07) is -0.574. The van der Waals surface area contributed by atoms with Crippen LogP contribution in [0.2, 0.25) is 0 Å². The summed E-state index contributed by atoms with van der Waals surface area (Å²) in [5, 5.41) is 6.40. The molecule has 3 radical (unpaired) electrons. The first kappa shape index (κ1) is 23.1. The first-order valence-electron chi connectivity index (χ1n) is 1.98. The molecule has 0 N–H and O–H groups in total. The summed E-state index contributed by atoms with van der Waals surface area (Å²) in [6.07, 6.45) is 2.27. The predicted octanol–water partition coefficient (Wildman–Crippen LogP) is 2.13. The molecule has 3 nitrogen and oxygen atoms in total. The van der Waals surface area contributed by atoms with Crippen molar-refractivity contribution in [1.82, 2.24) is 0 Å². The maximum Gasteiger partial charge on any atom is 0 e. The Hall–Kier alpha value is 2.06. The first-order chi connectivity index (χ1) is 3.81. The minimum Gasteiger partial charge on any atom is -0.650 e. The fraction of sp³-hybridized carbons (Fsp3) is 0. The molecule has 0 heterocycles. The van der Waals surface area contributed by atoms with E-state index >= 15 is 0 Å². The second kappa shape index (κ2) is 18.0. The van der Waals surface area contributed by atoms with Gasteiger partial charge in [-0.1, -0.05) is 0 Å². The third-order valence-electron chi connectivity index (χ3n) is 0.403. The molecule has 0 aliphatic carbocycles. The maximum atomic E-state index is 10.2. The Balaban J connectivity index is -0.0000000817. The van der Waals surface area contributed by atoms with Crippen molar-refractivity contribution in [1.29, 1.82) is 0 Å². The van der Waals surface area contributed by atoms with Gasteiger partial charge >= 0.3 is 0 Å². The van der Waals surface area contributed by atoms with E-state index in [4.69, 9.17) is 0 Å². The molecule has 0 rings (SSSR count). The van der Waals surface area contributed by atoms with E-state index in [-0.39, 0.29) is 98.1 Å². The van der Waals surface area contributed by atoms with E-state index in [1.165, 1.54) is 0 Å². The number of hydrogen-bond donors (Lipinski definition) is 0. The van der Waals surface area contributed by atoms with Crippen LogP contribution in [0, 0.1) is 0 Å². The van der Waals surface area contributed by atoms with Gasteiger partial charge in [-0.05, 0) is 6.03 Å². The van der Waals surface area contributed by atoms with Gasteiger partial charge in [-0.15, -0.1) is 13.2 Å². The van der Waals surface area contributed by atoms with Crippen LogP contribution in [0.4, 0.5) is 4.79 Å². The molecule has 0 saturated carbocycles. The van der Waals surface area contributed by atoms with Crippen LogP contribution in [0.3, 0.4) is 0 Å². The normalized spacial score (nSPS) is 5.09. The number of carbonyl (C=O) groups excluding carboxylic acids is 1. The van der Waals surface area contributed by atoms with E-state index in [0.717, 1.165) is 12.4 Å². The Morgan fingerprint density at radius 1 is 1.00 bits per heavy atom. The van der Waals surface area contributed by atoms with Crippen molar-refractivity contribution < 1.29 is 103 Å². The van der Waals surface area contributed by atoms with Gasteiger partial charge in [0.05, 0.1) is 0 Å². The summed E-state index contributed by atoms with van der Waals surface area (Å²) in [5.74, 6) is 0. The number of nitrogens with zero attached hydrogens (tertiary/aromatic N) is 2. The molecule has 0 unspecified atom stereocenters. The minimum atomic E-state index is -0.574. The zero-order valence-electron chi connectivity index (χ0n) is 6.10. The number of carbonyl (C=O) groups is 1. The second-order valence-electron chi connectivity index (χ2n) is 0.906. The molecule has 0 spiro atoms. The van der Waals surface area contributed by atoms with Gasteiger partial charge in [-0.25, -0.2) is 0 Å². The van der Waals surface area contributed by atoms with Gasteiger partial charge in [-0.3, -0.25) is 0 Å². The van der Waals surface area contributed by atoms with Crippen LogP contribution >= 0.6 is 0 Å². The Morgan fingerprint density at radius 3 is 1.45 bits per heavy atom. The summed E-state index contributed by atoms with van der Waals surface area (Å²) in [6.45, 7) is 6.40. The molecule has 53 valence electrons. The minimum absolute atomic E-state index is 0. The molecule has 11 heavy (non-hydrogen) atoms. The zero-order valence-corrected chi connectivity index (χ0v) is 14.6. The summed E-state index contributed by atoms with van der Waals surface area (Å²) < 4.78 is 0. The van der Waals surface area contributed by atoms with E-state index in [0.29, 0.717) is 0 Å². The van der Waals surface area contributed by atoms with Crippen molar-refractivity contribution in [3.8, 4) is 0 Å². The van der Waals surface area contributed by atoms with Crippen LogP contribution < -0.4 is 0 Å². The monoisotopic (exact) mass is 377 g/mol. The van der Waals surface area contributed by atoms with Crippen molar-refractivity contribution >= 4 is 6.03 Å². The van der Waals surface area contributed by atoms with Gasteiger partial charge in [0.25, 0.3) is 0 Å². The van der Waals surface area contributed by atoms with Gasteiger partial charge in [-0.2, -0.15) is 12.4 Å². The zero-order chi connectivity index (χ0) is 6.41. The summed E-state index contributed by atoms with van der Waals surface area (Å²) in [5.41, 5.74) is 0. The number of amides is 2. The van der Waals surface area contributed by atoms with Crippen molar-refractivity contribution in [2.24, 2.45) is 0 Å². The van der Waals surface area contributed by atoms with Crippen LogP contribution in [0.5, 0.6) is 0 Å². The van der Waals surface area contributed by atoms with Crippen molar-refractivity contribution in [3.05, 3.63) is 36.2 Å². The molecule has 6 heteroatoms. The third kappa shape index (κ3) is 18.8. The molecule has 0 aliphatic heterocycles. The third-order valence-corrected chi connectivity index (χ3v) is 0.403. The molecule has 0 aromatic heterocycles. The van der Waals surface area contributed by atoms with Crippen molar-refractivity contribution in [3.63, 3.8) is 0 Å². The molecule has 0 saturated heterocycles. The SMILES string of the molecule is C=C[N-]C(=O)[N-]C=C.[Y].[Y].[Y]. The van der Waals surface area contributed by atoms with Crippen LogP contribution in [-0.2, 0) is 98.1 Å². The molecule has 0 aliphatic rings. The molecule has 0 fully saturated rings. The van der Waals surface area contributed by atoms with Crippen LogP contribution in [0.15, 0.2) is 25.6 Å². The summed E-state index contributed by atoms with van der Waals surface area (Å²) in [7, 11) is 0. The van der Waals surface area contributed by atoms with E-state index in [9.17, 15) is 4.79 Å². The maximum absolute atomic E-state index is 10.2. The van der Waals surface area contributed by atoms with Crippen LogP contribution in [-0.4, -0.2) is 6.03 Å². The van der Waals surface area contributed by atoms with Crippen LogP contribution in [0.1, 0.15) is 0 Å². The van der Waals surface area contributed by atoms with Gasteiger partial charge in [0.2, 0.25) is 0 Å². The summed E-state index contributed by atoms with van der Waals surface area (Å²) in [4.78, 5) is 10.2. The summed E-state index contributed by atoms with van der Waals surface area (Å²) >= 11 is 0. The fourth-order valence-corrected chi connectivity index (χ4v) is 0.190.